The monoisotopic (exact) mass is 361 g/mol. The van der Waals surface area contributed by atoms with Gasteiger partial charge in [-0.1, -0.05) is 26.2 Å². The van der Waals surface area contributed by atoms with Crippen LogP contribution < -0.4 is 5.32 Å². The molecule has 0 radical (unpaired) electrons. The highest BCUT2D eigenvalue weighted by molar-refractivity contribution is 5.75. The molecule has 146 valence electrons. The minimum absolute atomic E-state index is 0.366. The maximum Gasteiger partial charge on any atom is 0.503 e. The van der Waals surface area contributed by atoms with Crippen LogP contribution in [0.3, 0.4) is 0 Å². The molecule has 0 bridgehead atoms. The molecule has 8 nitrogen and oxygen atoms in total. The van der Waals surface area contributed by atoms with Crippen molar-refractivity contribution in [3.63, 3.8) is 0 Å². The third-order valence-corrected chi connectivity index (χ3v) is 3.68. The molecular weight excluding hydrogens is 330 g/mol. The second-order valence-corrected chi connectivity index (χ2v) is 7.07. The molecule has 1 fully saturated rings. The molecule has 1 unspecified atom stereocenters. The number of ether oxygens (including phenoxy) is 2. The predicted molar refractivity (Wildman–Crippen MR) is 91.3 cm³/mol. The Balaban J connectivity index is 0.00000129. The van der Waals surface area contributed by atoms with E-state index in [9.17, 15) is 9.59 Å². The predicted octanol–water partition coefficient (Wildman–Crippen LogP) is 3.84. The van der Waals surface area contributed by atoms with Crippen LogP contribution in [-0.2, 0) is 14.3 Å². The van der Waals surface area contributed by atoms with E-state index in [4.69, 9.17) is 24.5 Å². The fourth-order valence-corrected chi connectivity index (χ4v) is 2.27. The van der Waals surface area contributed by atoms with Crippen molar-refractivity contribution in [3.8, 4) is 0 Å². The summed E-state index contributed by atoms with van der Waals surface area (Å²) in [5.41, 5.74) is -0.602. The van der Waals surface area contributed by atoms with Crippen molar-refractivity contribution in [1.29, 1.82) is 0 Å². The highest BCUT2D eigenvalue weighted by atomic mass is 16.7. The lowest BCUT2D eigenvalue weighted by Gasteiger charge is -2.24. The summed E-state index contributed by atoms with van der Waals surface area (Å²) in [6.07, 6.45) is 3.38. The van der Waals surface area contributed by atoms with E-state index >= 15 is 0 Å². The highest BCUT2D eigenvalue weighted by Crippen LogP contribution is 2.23. The summed E-state index contributed by atoms with van der Waals surface area (Å²) in [6.45, 7) is 7.76. The molecule has 1 aliphatic rings. The molecule has 25 heavy (non-hydrogen) atoms. The van der Waals surface area contributed by atoms with Crippen molar-refractivity contribution < 1.29 is 34.1 Å². The Morgan fingerprint density at radius 3 is 2.04 bits per heavy atom. The normalized spacial score (nSPS) is 16.0. The Morgan fingerprint density at radius 2 is 1.60 bits per heavy atom. The molecule has 0 aromatic rings. The van der Waals surface area contributed by atoms with E-state index in [0.29, 0.717) is 18.9 Å². The SMILES string of the molecule is CCC(OC(=O)NCC1CCCCC1)OC(=O)C(C)(C)C.O=C(O)O. The van der Waals surface area contributed by atoms with Gasteiger partial charge in [-0.25, -0.2) is 9.59 Å². The zero-order chi connectivity index (χ0) is 19.5. The number of carboxylic acid groups (broad SMARTS) is 2. The Bertz CT molecular complexity index is 421. The number of nitrogens with one attached hydrogen (secondary N) is 1. The number of alkyl carbamates (subject to hydrolysis) is 1. The zero-order valence-corrected chi connectivity index (χ0v) is 15.5. The van der Waals surface area contributed by atoms with Crippen LogP contribution in [0.15, 0.2) is 0 Å². The van der Waals surface area contributed by atoms with Crippen molar-refractivity contribution in [3.05, 3.63) is 0 Å². The van der Waals surface area contributed by atoms with Crippen molar-refractivity contribution in [2.24, 2.45) is 11.3 Å². The molecule has 1 saturated carbocycles. The number of esters is 1. The summed E-state index contributed by atoms with van der Waals surface area (Å²) >= 11 is 0. The van der Waals surface area contributed by atoms with E-state index in [2.05, 4.69) is 5.32 Å². The first-order valence-electron chi connectivity index (χ1n) is 8.63. The van der Waals surface area contributed by atoms with Gasteiger partial charge in [-0.3, -0.25) is 4.79 Å². The molecule has 0 aromatic carbocycles. The Kier molecular flexibility index (Phi) is 10.6. The first kappa shape index (κ1) is 23.0. The van der Waals surface area contributed by atoms with Gasteiger partial charge in [0.15, 0.2) is 0 Å². The van der Waals surface area contributed by atoms with Gasteiger partial charge in [-0.05, 0) is 39.5 Å². The average Bonchev–Trinajstić information content (AvgIpc) is 2.51. The third kappa shape index (κ3) is 12.1. The number of carbonyl (C=O) groups is 3. The third-order valence-electron chi connectivity index (χ3n) is 3.68. The van der Waals surface area contributed by atoms with Gasteiger partial charge < -0.3 is 25.0 Å². The van der Waals surface area contributed by atoms with Gasteiger partial charge in [0.1, 0.15) is 0 Å². The minimum Gasteiger partial charge on any atom is -0.450 e. The van der Waals surface area contributed by atoms with Crippen molar-refractivity contribution >= 4 is 18.2 Å². The van der Waals surface area contributed by atoms with Gasteiger partial charge >= 0.3 is 18.2 Å². The van der Waals surface area contributed by atoms with Crippen LogP contribution >= 0.6 is 0 Å². The maximum atomic E-state index is 11.8. The Labute approximate surface area is 148 Å². The number of hydrogen-bond acceptors (Lipinski definition) is 5. The number of rotatable bonds is 5. The van der Waals surface area contributed by atoms with E-state index in [-0.39, 0.29) is 5.97 Å². The molecule has 0 aromatic heterocycles. The lowest BCUT2D eigenvalue weighted by molar-refractivity contribution is -0.177. The summed E-state index contributed by atoms with van der Waals surface area (Å²) in [5, 5.41) is 16.7. The van der Waals surface area contributed by atoms with Crippen molar-refractivity contribution in [1.82, 2.24) is 5.32 Å². The molecule has 0 heterocycles. The van der Waals surface area contributed by atoms with Crippen molar-refractivity contribution in [2.45, 2.75) is 72.5 Å². The van der Waals surface area contributed by atoms with E-state index in [1.807, 2.05) is 6.92 Å². The Hall–Kier alpha value is -1.99. The summed E-state index contributed by atoms with van der Waals surface area (Å²) < 4.78 is 10.4. The van der Waals surface area contributed by atoms with Crippen molar-refractivity contribution in [2.75, 3.05) is 6.54 Å². The van der Waals surface area contributed by atoms with Crippen LogP contribution in [0.5, 0.6) is 0 Å². The van der Waals surface area contributed by atoms with Crippen LogP contribution in [0.4, 0.5) is 9.59 Å². The fourth-order valence-electron chi connectivity index (χ4n) is 2.27. The summed E-state index contributed by atoms with van der Waals surface area (Å²) in [6, 6.07) is 0. The maximum absolute atomic E-state index is 11.8. The molecular formula is C17H31NO7. The summed E-state index contributed by atoms with van der Waals surface area (Å²) in [5.74, 6) is 0.179. The standard InChI is InChI=1S/C16H29NO4.CH2O3/c1-5-13(20-14(18)16(2,3)4)21-15(19)17-11-12-9-7-6-8-10-12;2-1(3)4/h12-13H,5-11H2,1-4H3,(H,17,19);(H2,2,3,4). The van der Waals surface area contributed by atoms with Crippen LogP contribution in [0.1, 0.15) is 66.2 Å². The number of amides is 1. The van der Waals surface area contributed by atoms with Gasteiger partial charge in [-0.15, -0.1) is 0 Å². The van der Waals surface area contributed by atoms with Gasteiger partial charge in [0.05, 0.1) is 5.41 Å². The Morgan fingerprint density at radius 1 is 1.08 bits per heavy atom. The van der Waals surface area contributed by atoms with Gasteiger partial charge in [-0.2, -0.15) is 0 Å². The first-order valence-corrected chi connectivity index (χ1v) is 8.63. The highest BCUT2D eigenvalue weighted by Gasteiger charge is 2.27. The quantitative estimate of drug-likeness (QED) is 0.502. The van der Waals surface area contributed by atoms with E-state index < -0.39 is 24.0 Å². The minimum atomic E-state index is -1.83. The van der Waals surface area contributed by atoms with Crippen LogP contribution in [0, 0.1) is 11.3 Å². The second-order valence-electron chi connectivity index (χ2n) is 7.07. The molecule has 1 atom stereocenters. The number of carbonyl (C=O) groups excluding carboxylic acids is 2. The molecule has 8 heteroatoms. The van der Waals surface area contributed by atoms with E-state index in [0.717, 1.165) is 12.8 Å². The molecule has 0 aliphatic heterocycles. The van der Waals surface area contributed by atoms with Crippen LogP contribution in [0.2, 0.25) is 0 Å². The molecule has 0 spiro atoms. The van der Waals surface area contributed by atoms with E-state index in [1.54, 1.807) is 20.8 Å². The second kappa shape index (κ2) is 11.5. The first-order chi connectivity index (χ1) is 11.6. The lowest BCUT2D eigenvalue weighted by Crippen LogP contribution is -2.36. The molecule has 1 aliphatic carbocycles. The number of hydrogen-bond donors (Lipinski definition) is 3. The lowest BCUT2D eigenvalue weighted by atomic mass is 9.89. The average molecular weight is 361 g/mol. The summed E-state index contributed by atoms with van der Waals surface area (Å²) in [4.78, 5) is 32.1. The fraction of sp³-hybridized carbons (Fsp3) is 0.824. The molecule has 1 rings (SSSR count). The van der Waals surface area contributed by atoms with Gasteiger partial charge in [0, 0.05) is 13.0 Å². The van der Waals surface area contributed by atoms with Gasteiger partial charge in [0.25, 0.3) is 0 Å². The molecule has 0 saturated heterocycles. The summed E-state index contributed by atoms with van der Waals surface area (Å²) in [7, 11) is 0. The zero-order valence-electron chi connectivity index (χ0n) is 15.5. The smallest absolute Gasteiger partial charge is 0.450 e. The van der Waals surface area contributed by atoms with E-state index in [1.165, 1.54) is 19.3 Å². The van der Waals surface area contributed by atoms with Crippen LogP contribution in [-0.4, -0.2) is 41.3 Å². The largest absolute Gasteiger partial charge is 0.503 e. The molecule has 1 amide bonds. The van der Waals surface area contributed by atoms with Gasteiger partial charge in [0.2, 0.25) is 6.29 Å². The molecule has 3 N–H and O–H groups in total. The van der Waals surface area contributed by atoms with Crippen LogP contribution in [0.25, 0.3) is 0 Å². The topological polar surface area (TPSA) is 122 Å².